The minimum Gasteiger partial charge on any atom is -0.462 e. The van der Waals surface area contributed by atoms with E-state index in [0.717, 1.165) is 42.6 Å². The number of rotatable bonds is 6. The van der Waals surface area contributed by atoms with E-state index in [0.29, 0.717) is 13.2 Å². The van der Waals surface area contributed by atoms with Crippen LogP contribution in [0.5, 0.6) is 0 Å². The summed E-state index contributed by atoms with van der Waals surface area (Å²) in [6, 6.07) is 12.3. The highest BCUT2D eigenvalue weighted by molar-refractivity contribution is 7.07. The molecule has 0 amide bonds. The van der Waals surface area contributed by atoms with Crippen LogP contribution in [0.1, 0.15) is 24.5 Å². The Balaban J connectivity index is 1.74. The molecule has 2 aromatic rings. The molecule has 0 unspecified atom stereocenters. The third kappa shape index (κ3) is 4.13. The van der Waals surface area contributed by atoms with E-state index in [1.165, 1.54) is 5.56 Å². The molecule has 4 heteroatoms. The third-order valence-corrected chi connectivity index (χ3v) is 5.18. The van der Waals surface area contributed by atoms with Gasteiger partial charge in [-0.25, -0.2) is 4.79 Å². The molecular formula is C20H23NO2S. The lowest BCUT2D eigenvalue weighted by Crippen LogP contribution is -2.34. The first-order chi connectivity index (χ1) is 11.8. The Morgan fingerprint density at radius 2 is 2.08 bits per heavy atom. The minimum absolute atomic E-state index is 0.165. The summed E-state index contributed by atoms with van der Waals surface area (Å²) in [4.78, 5) is 15.0. The molecule has 24 heavy (non-hydrogen) atoms. The maximum Gasteiger partial charge on any atom is 0.335 e. The molecule has 0 radical (unpaired) electrons. The highest BCUT2D eigenvalue weighted by atomic mass is 32.1. The quantitative estimate of drug-likeness (QED) is 0.744. The Morgan fingerprint density at radius 3 is 2.79 bits per heavy atom. The van der Waals surface area contributed by atoms with Gasteiger partial charge in [0.05, 0.1) is 12.2 Å². The van der Waals surface area contributed by atoms with Crippen LogP contribution in [0.3, 0.4) is 0 Å². The van der Waals surface area contributed by atoms with Gasteiger partial charge in [0.15, 0.2) is 0 Å². The van der Waals surface area contributed by atoms with Crippen molar-refractivity contribution in [3.63, 3.8) is 0 Å². The van der Waals surface area contributed by atoms with Crippen molar-refractivity contribution in [3.05, 3.63) is 63.9 Å². The van der Waals surface area contributed by atoms with Crippen molar-refractivity contribution in [2.75, 3.05) is 26.2 Å². The van der Waals surface area contributed by atoms with Crippen LogP contribution in [0.15, 0.2) is 52.7 Å². The molecule has 1 aromatic heterocycles. The Kier molecular flexibility index (Phi) is 5.83. The first-order valence-corrected chi connectivity index (χ1v) is 9.40. The van der Waals surface area contributed by atoms with Crippen LogP contribution in [-0.4, -0.2) is 37.1 Å². The van der Waals surface area contributed by atoms with E-state index in [1.54, 1.807) is 11.3 Å². The lowest BCUT2D eigenvalue weighted by atomic mass is 9.93. The second-order valence-electron chi connectivity index (χ2n) is 5.96. The maximum atomic E-state index is 12.7. The molecule has 3 nitrogen and oxygen atoms in total. The smallest absolute Gasteiger partial charge is 0.335 e. The number of esters is 1. The number of nitrogens with zero attached hydrogens (tertiary/aromatic N) is 1. The minimum atomic E-state index is -0.165. The normalized spacial score (nSPS) is 15.5. The molecular weight excluding hydrogens is 318 g/mol. The zero-order chi connectivity index (χ0) is 16.8. The predicted molar refractivity (Wildman–Crippen MR) is 99.1 cm³/mol. The van der Waals surface area contributed by atoms with Gasteiger partial charge >= 0.3 is 5.97 Å². The van der Waals surface area contributed by atoms with E-state index in [-0.39, 0.29) is 5.97 Å². The number of benzene rings is 1. The zero-order valence-corrected chi connectivity index (χ0v) is 14.8. The second kappa shape index (κ2) is 8.27. The van der Waals surface area contributed by atoms with E-state index >= 15 is 0 Å². The zero-order valence-electron chi connectivity index (χ0n) is 14.0. The monoisotopic (exact) mass is 341 g/mol. The Morgan fingerprint density at radius 1 is 1.25 bits per heavy atom. The highest BCUT2D eigenvalue weighted by Crippen LogP contribution is 2.28. The van der Waals surface area contributed by atoms with Crippen LogP contribution in [-0.2, 0) is 16.0 Å². The molecule has 3 rings (SSSR count). The van der Waals surface area contributed by atoms with E-state index in [1.807, 2.05) is 23.6 Å². The molecule has 0 aliphatic carbocycles. The molecule has 1 aliphatic heterocycles. The molecule has 0 saturated heterocycles. The number of thiophene rings is 1. The first-order valence-electron chi connectivity index (χ1n) is 8.46. The van der Waals surface area contributed by atoms with Crippen LogP contribution in [0.4, 0.5) is 0 Å². The standard InChI is InChI=1S/C20H23NO2S/c1-2-21-11-8-18(17-6-4-3-5-7-17)19(14-21)20(22)23-12-9-16-10-13-24-15-16/h3-7,10,13,15H,2,8-9,11-12,14H2,1H3. The van der Waals surface area contributed by atoms with Crippen LogP contribution >= 0.6 is 11.3 Å². The molecule has 1 aliphatic rings. The fourth-order valence-electron chi connectivity index (χ4n) is 3.02. The summed E-state index contributed by atoms with van der Waals surface area (Å²) in [7, 11) is 0. The Labute approximate surface area is 147 Å². The molecule has 0 N–H and O–H groups in total. The van der Waals surface area contributed by atoms with E-state index in [4.69, 9.17) is 4.74 Å². The lowest BCUT2D eigenvalue weighted by Gasteiger charge is -2.29. The van der Waals surface area contributed by atoms with Crippen LogP contribution in [0.2, 0.25) is 0 Å². The van der Waals surface area contributed by atoms with Crippen molar-refractivity contribution in [2.45, 2.75) is 19.8 Å². The van der Waals surface area contributed by atoms with Gasteiger partial charge in [0, 0.05) is 19.5 Å². The molecule has 0 bridgehead atoms. The van der Waals surface area contributed by atoms with Crippen LogP contribution < -0.4 is 0 Å². The van der Waals surface area contributed by atoms with Crippen molar-refractivity contribution in [3.8, 4) is 0 Å². The van der Waals surface area contributed by atoms with Crippen molar-refractivity contribution >= 4 is 22.9 Å². The average molecular weight is 341 g/mol. The summed E-state index contributed by atoms with van der Waals surface area (Å²) in [6.07, 6.45) is 1.67. The SMILES string of the molecule is CCN1CCC(c2ccccc2)=C(C(=O)OCCc2ccsc2)C1. The van der Waals surface area contributed by atoms with Crippen molar-refractivity contribution in [1.82, 2.24) is 4.90 Å². The van der Waals surface area contributed by atoms with Gasteiger partial charge in [-0.2, -0.15) is 11.3 Å². The van der Waals surface area contributed by atoms with Gasteiger partial charge in [-0.05, 0) is 46.5 Å². The maximum absolute atomic E-state index is 12.7. The molecule has 0 fully saturated rings. The molecule has 0 saturated carbocycles. The van der Waals surface area contributed by atoms with Gasteiger partial charge in [0.2, 0.25) is 0 Å². The van der Waals surface area contributed by atoms with Crippen LogP contribution in [0.25, 0.3) is 5.57 Å². The summed E-state index contributed by atoms with van der Waals surface area (Å²) in [5.41, 5.74) is 4.32. The van der Waals surface area contributed by atoms with Gasteiger partial charge < -0.3 is 4.74 Å². The average Bonchev–Trinajstić information content (AvgIpc) is 3.15. The van der Waals surface area contributed by atoms with Gasteiger partial charge in [0.25, 0.3) is 0 Å². The summed E-state index contributed by atoms with van der Waals surface area (Å²) < 4.78 is 5.58. The van der Waals surface area contributed by atoms with E-state index < -0.39 is 0 Å². The lowest BCUT2D eigenvalue weighted by molar-refractivity contribution is -0.139. The second-order valence-corrected chi connectivity index (χ2v) is 6.74. The predicted octanol–water partition coefficient (Wildman–Crippen LogP) is 4.01. The summed E-state index contributed by atoms with van der Waals surface area (Å²) in [5.74, 6) is -0.165. The number of hydrogen-bond acceptors (Lipinski definition) is 4. The number of ether oxygens (including phenoxy) is 1. The third-order valence-electron chi connectivity index (χ3n) is 4.44. The Bertz CT molecular complexity index is 692. The molecule has 2 heterocycles. The Hall–Kier alpha value is -1.91. The highest BCUT2D eigenvalue weighted by Gasteiger charge is 2.24. The summed E-state index contributed by atoms with van der Waals surface area (Å²) in [6.45, 7) is 5.19. The van der Waals surface area contributed by atoms with Crippen molar-refractivity contribution in [2.24, 2.45) is 0 Å². The molecule has 1 aromatic carbocycles. The number of hydrogen-bond donors (Lipinski definition) is 0. The van der Waals surface area contributed by atoms with Crippen LogP contribution in [0, 0.1) is 0 Å². The van der Waals surface area contributed by atoms with Gasteiger partial charge in [-0.15, -0.1) is 0 Å². The summed E-state index contributed by atoms with van der Waals surface area (Å²) in [5, 5.41) is 4.15. The van der Waals surface area contributed by atoms with Gasteiger partial charge in [0.1, 0.15) is 0 Å². The van der Waals surface area contributed by atoms with E-state index in [9.17, 15) is 4.79 Å². The van der Waals surface area contributed by atoms with Gasteiger partial charge in [-0.1, -0.05) is 37.3 Å². The summed E-state index contributed by atoms with van der Waals surface area (Å²) >= 11 is 1.67. The molecule has 0 atom stereocenters. The number of carbonyl (C=O) groups is 1. The molecule has 0 spiro atoms. The molecule has 126 valence electrons. The van der Waals surface area contributed by atoms with Crippen molar-refractivity contribution < 1.29 is 9.53 Å². The van der Waals surface area contributed by atoms with Crippen molar-refractivity contribution in [1.29, 1.82) is 0 Å². The number of likely N-dealkylation sites (N-methyl/N-ethyl adjacent to an activating group) is 1. The van der Waals surface area contributed by atoms with E-state index in [2.05, 4.69) is 35.4 Å². The topological polar surface area (TPSA) is 29.5 Å². The number of carbonyl (C=O) groups excluding carboxylic acids is 1. The fourth-order valence-corrected chi connectivity index (χ4v) is 3.72. The fraction of sp³-hybridized carbons (Fsp3) is 0.350. The first kappa shape index (κ1) is 16.9. The largest absolute Gasteiger partial charge is 0.462 e. The van der Waals surface area contributed by atoms with Gasteiger partial charge in [-0.3, -0.25) is 4.90 Å².